The molecule has 0 bridgehead atoms. The first kappa shape index (κ1) is 10.6. The van der Waals surface area contributed by atoms with E-state index in [2.05, 4.69) is 4.98 Å². The topological polar surface area (TPSA) is 42.4 Å². The number of aromatic nitrogens is 1. The first-order valence-corrected chi connectivity index (χ1v) is 4.78. The Morgan fingerprint density at radius 1 is 1.25 bits per heavy atom. The summed E-state index contributed by atoms with van der Waals surface area (Å²) in [4.78, 5) is 3.97. The van der Waals surface area contributed by atoms with Crippen molar-refractivity contribution in [1.82, 2.24) is 4.98 Å². The van der Waals surface area contributed by atoms with Crippen molar-refractivity contribution in [3.05, 3.63) is 54.0 Å². The lowest BCUT2D eigenvalue weighted by Crippen LogP contribution is -1.94. The lowest BCUT2D eigenvalue weighted by Gasteiger charge is -2.07. The second kappa shape index (κ2) is 4.72. The zero-order chi connectivity index (χ0) is 11.4. The molecule has 3 nitrogen and oxygen atoms in total. The quantitative estimate of drug-likeness (QED) is 0.862. The number of hydrogen-bond donors (Lipinski definition) is 1. The van der Waals surface area contributed by atoms with Gasteiger partial charge in [-0.1, -0.05) is 6.07 Å². The molecule has 2 rings (SSSR count). The zero-order valence-electron chi connectivity index (χ0n) is 8.43. The first-order chi connectivity index (χ1) is 7.79. The van der Waals surface area contributed by atoms with E-state index in [1.807, 2.05) is 0 Å². The van der Waals surface area contributed by atoms with Gasteiger partial charge in [0.1, 0.15) is 11.6 Å². The van der Waals surface area contributed by atoms with Crippen LogP contribution in [0.5, 0.6) is 11.6 Å². The maximum absolute atomic E-state index is 12.9. The fourth-order valence-corrected chi connectivity index (χ4v) is 1.28. The molecule has 82 valence electrons. The van der Waals surface area contributed by atoms with Crippen molar-refractivity contribution in [3.63, 3.8) is 0 Å². The molecular weight excluding hydrogens is 209 g/mol. The Labute approximate surface area is 92.1 Å². The van der Waals surface area contributed by atoms with Gasteiger partial charge >= 0.3 is 0 Å². The van der Waals surface area contributed by atoms with E-state index in [1.165, 1.54) is 12.1 Å². The molecule has 2 aromatic rings. The summed E-state index contributed by atoms with van der Waals surface area (Å²) in [5.74, 6) is 0.267. The predicted molar refractivity (Wildman–Crippen MR) is 56.6 cm³/mol. The van der Waals surface area contributed by atoms with Crippen molar-refractivity contribution in [1.29, 1.82) is 0 Å². The second-order valence-corrected chi connectivity index (χ2v) is 3.19. The molecule has 0 aliphatic carbocycles. The molecule has 0 spiro atoms. The molecule has 0 saturated carbocycles. The number of nitrogens with zero attached hydrogens (tertiary/aromatic N) is 1. The Morgan fingerprint density at radius 2 is 2.12 bits per heavy atom. The molecular formula is C12H10FNO2. The number of aliphatic hydroxyl groups excluding tert-OH is 1. The highest BCUT2D eigenvalue weighted by Gasteiger charge is 2.05. The standard InChI is InChI=1S/C12H10FNO2/c13-10-4-1-5-11(7-10)16-12-9(8-15)3-2-6-14-12/h1-7,15H,8H2. The van der Waals surface area contributed by atoms with Crippen molar-refractivity contribution in [2.75, 3.05) is 0 Å². The van der Waals surface area contributed by atoms with Gasteiger partial charge in [-0.3, -0.25) is 0 Å². The summed E-state index contributed by atoms with van der Waals surface area (Å²) in [6, 6.07) is 9.16. The summed E-state index contributed by atoms with van der Waals surface area (Å²) < 4.78 is 18.3. The maximum atomic E-state index is 12.9. The van der Waals surface area contributed by atoms with E-state index in [0.717, 1.165) is 0 Å². The van der Waals surface area contributed by atoms with E-state index in [4.69, 9.17) is 9.84 Å². The zero-order valence-corrected chi connectivity index (χ0v) is 8.43. The van der Waals surface area contributed by atoms with E-state index in [1.54, 1.807) is 30.5 Å². The van der Waals surface area contributed by atoms with E-state index >= 15 is 0 Å². The van der Waals surface area contributed by atoms with Gasteiger partial charge in [0.2, 0.25) is 5.88 Å². The number of halogens is 1. The third-order valence-corrected chi connectivity index (χ3v) is 2.03. The van der Waals surface area contributed by atoms with Crippen molar-refractivity contribution >= 4 is 0 Å². The minimum Gasteiger partial charge on any atom is -0.439 e. The first-order valence-electron chi connectivity index (χ1n) is 4.78. The molecule has 0 amide bonds. The number of rotatable bonds is 3. The predicted octanol–water partition coefficient (Wildman–Crippen LogP) is 2.51. The van der Waals surface area contributed by atoms with Crippen LogP contribution in [0.25, 0.3) is 0 Å². The number of aliphatic hydroxyl groups is 1. The summed E-state index contributed by atoms with van der Waals surface area (Å²) in [5.41, 5.74) is 0.562. The van der Waals surface area contributed by atoms with E-state index < -0.39 is 0 Å². The van der Waals surface area contributed by atoms with Crippen LogP contribution >= 0.6 is 0 Å². The van der Waals surface area contributed by atoms with E-state index in [9.17, 15) is 4.39 Å². The highest BCUT2D eigenvalue weighted by molar-refractivity contribution is 5.31. The molecule has 1 aromatic carbocycles. The molecule has 1 N–H and O–H groups in total. The Bertz CT molecular complexity index is 488. The minimum absolute atomic E-state index is 0.168. The van der Waals surface area contributed by atoms with Gasteiger partial charge in [0.15, 0.2) is 0 Å². The largest absolute Gasteiger partial charge is 0.439 e. The van der Waals surface area contributed by atoms with Crippen LogP contribution in [0.4, 0.5) is 4.39 Å². The van der Waals surface area contributed by atoms with Gasteiger partial charge in [0.25, 0.3) is 0 Å². The molecule has 0 radical (unpaired) electrons. The van der Waals surface area contributed by atoms with Crippen molar-refractivity contribution in [3.8, 4) is 11.6 Å². The highest BCUT2D eigenvalue weighted by atomic mass is 19.1. The van der Waals surface area contributed by atoms with Crippen molar-refractivity contribution in [2.45, 2.75) is 6.61 Å². The van der Waals surface area contributed by atoms with Crippen LogP contribution in [0.15, 0.2) is 42.6 Å². The third kappa shape index (κ3) is 2.35. The lowest BCUT2D eigenvalue weighted by atomic mass is 10.3. The maximum Gasteiger partial charge on any atom is 0.224 e. The molecule has 0 saturated heterocycles. The van der Waals surface area contributed by atoms with Gasteiger partial charge in [-0.25, -0.2) is 9.37 Å². The summed E-state index contributed by atoms with van der Waals surface area (Å²) in [6.07, 6.45) is 1.55. The van der Waals surface area contributed by atoms with Crippen LogP contribution in [0, 0.1) is 5.82 Å². The van der Waals surface area contributed by atoms with Gasteiger partial charge in [-0.05, 0) is 24.3 Å². The van der Waals surface area contributed by atoms with Crippen LogP contribution < -0.4 is 4.74 Å². The van der Waals surface area contributed by atoms with Gasteiger partial charge < -0.3 is 9.84 Å². The molecule has 0 unspecified atom stereocenters. The monoisotopic (exact) mass is 219 g/mol. The molecule has 1 aromatic heterocycles. The van der Waals surface area contributed by atoms with Gasteiger partial charge in [-0.2, -0.15) is 0 Å². The summed E-state index contributed by atoms with van der Waals surface area (Å²) in [7, 11) is 0. The van der Waals surface area contributed by atoms with Crippen LogP contribution in [0.2, 0.25) is 0 Å². The van der Waals surface area contributed by atoms with E-state index in [-0.39, 0.29) is 18.3 Å². The van der Waals surface area contributed by atoms with Crippen LogP contribution in [0.3, 0.4) is 0 Å². The number of ether oxygens (including phenoxy) is 1. The fourth-order valence-electron chi connectivity index (χ4n) is 1.28. The average Bonchev–Trinajstić information content (AvgIpc) is 2.30. The average molecular weight is 219 g/mol. The molecule has 4 heteroatoms. The lowest BCUT2D eigenvalue weighted by molar-refractivity contribution is 0.275. The third-order valence-electron chi connectivity index (χ3n) is 2.03. The molecule has 0 fully saturated rings. The van der Waals surface area contributed by atoms with Crippen molar-refractivity contribution < 1.29 is 14.2 Å². The van der Waals surface area contributed by atoms with Gasteiger partial charge in [-0.15, -0.1) is 0 Å². The Balaban J connectivity index is 2.26. The molecule has 0 aliphatic rings. The Morgan fingerprint density at radius 3 is 2.88 bits per heavy atom. The molecule has 16 heavy (non-hydrogen) atoms. The molecule has 1 heterocycles. The molecule has 0 aliphatic heterocycles. The summed E-state index contributed by atoms with van der Waals surface area (Å²) >= 11 is 0. The SMILES string of the molecule is OCc1cccnc1Oc1cccc(F)c1. The molecule has 0 atom stereocenters. The van der Waals surface area contributed by atoms with Crippen LogP contribution in [-0.4, -0.2) is 10.1 Å². The smallest absolute Gasteiger partial charge is 0.224 e. The number of hydrogen-bond acceptors (Lipinski definition) is 3. The normalized spacial score (nSPS) is 10.1. The fraction of sp³-hybridized carbons (Fsp3) is 0.0833. The number of benzene rings is 1. The summed E-state index contributed by atoms with van der Waals surface area (Å²) in [5, 5.41) is 9.06. The summed E-state index contributed by atoms with van der Waals surface area (Å²) in [6.45, 7) is -0.168. The Hall–Kier alpha value is -1.94. The Kier molecular flexibility index (Phi) is 3.12. The van der Waals surface area contributed by atoms with Crippen molar-refractivity contribution in [2.24, 2.45) is 0 Å². The number of pyridine rings is 1. The van der Waals surface area contributed by atoms with Crippen LogP contribution in [0.1, 0.15) is 5.56 Å². The van der Waals surface area contributed by atoms with Crippen LogP contribution in [-0.2, 0) is 6.61 Å². The highest BCUT2D eigenvalue weighted by Crippen LogP contribution is 2.23. The van der Waals surface area contributed by atoms with Gasteiger partial charge in [0.05, 0.1) is 6.61 Å². The van der Waals surface area contributed by atoms with E-state index in [0.29, 0.717) is 11.3 Å². The second-order valence-electron chi connectivity index (χ2n) is 3.19. The van der Waals surface area contributed by atoms with Gasteiger partial charge in [0, 0.05) is 17.8 Å². The minimum atomic E-state index is -0.376.